The monoisotopic (exact) mass is 383 g/mol. The second-order valence-electron chi connectivity index (χ2n) is 5.96. The molecule has 9 heteroatoms. The maximum absolute atomic E-state index is 13.2. The van der Waals surface area contributed by atoms with Gasteiger partial charge < -0.3 is 5.32 Å². The van der Waals surface area contributed by atoms with Gasteiger partial charge in [-0.05, 0) is 48.2 Å². The van der Waals surface area contributed by atoms with Gasteiger partial charge >= 0.3 is 0 Å². The van der Waals surface area contributed by atoms with Crippen LogP contribution in [0.4, 0.5) is 10.1 Å². The molecular formula is C18H14FN5O2S. The molecule has 0 saturated heterocycles. The van der Waals surface area contributed by atoms with Gasteiger partial charge in [-0.25, -0.2) is 14.0 Å². The number of hydrogen-bond acceptors (Lipinski definition) is 5. The standard InChI is InChI=1S/C18H14FN5O2S/c1-10-7-11(19)4-5-12(10)20-17(25)9-16-21-22-18(26)14-8-13(23-24(14)16)15-3-2-6-27-15/h2-8H,9H2,1H3,(H,20,25)(H,22,26). The smallest absolute Gasteiger partial charge is 0.290 e. The molecule has 7 nitrogen and oxygen atoms in total. The number of carbonyl (C=O) groups is 1. The van der Waals surface area contributed by atoms with Crippen LogP contribution in [0.1, 0.15) is 11.4 Å². The predicted octanol–water partition coefficient (Wildman–Crippen LogP) is 2.77. The first-order valence-electron chi connectivity index (χ1n) is 8.08. The lowest BCUT2D eigenvalue weighted by atomic mass is 10.2. The average molecular weight is 383 g/mol. The molecule has 0 unspecified atom stereocenters. The highest BCUT2D eigenvalue weighted by atomic mass is 32.1. The van der Waals surface area contributed by atoms with Gasteiger partial charge in [0.2, 0.25) is 5.91 Å². The third-order valence-corrected chi connectivity index (χ3v) is 4.92. The van der Waals surface area contributed by atoms with E-state index in [1.807, 2.05) is 17.5 Å². The summed E-state index contributed by atoms with van der Waals surface area (Å²) in [5.41, 5.74) is 1.70. The quantitative estimate of drug-likeness (QED) is 0.567. The summed E-state index contributed by atoms with van der Waals surface area (Å²) in [7, 11) is 0. The van der Waals surface area contributed by atoms with Gasteiger partial charge in [-0.2, -0.15) is 10.2 Å². The number of rotatable bonds is 4. The van der Waals surface area contributed by atoms with Crippen LogP contribution >= 0.6 is 11.3 Å². The van der Waals surface area contributed by atoms with Crippen LogP contribution in [0, 0.1) is 12.7 Å². The molecule has 0 aliphatic rings. The molecule has 0 atom stereocenters. The predicted molar refractivity (Wildman–Crippen MR) is 100 cm³/mol. The van der Waals surface area contributed by atoms with E-state index in [1.54, 1.807) is 13.0 Å². The lowest BCUT2D eigenvalue weighted by Crippen LogP contribution is -2.22. The molecule has 0 spiro atoms. The third kappa shape index (κ3) is 3.36. The van der Waals surface area contributed by atoms with Crippen molar-refractivity contribution in [2.75, 3.05) is 5.32 Å². The molecule has 4 rings (SSSR count). The number of aromatic nitrogens is 4. The van der Waals surface area contributed by atoms with Crippen LogP contribution < -0.4 is 10.9 Å². The summed E-state index contributed by atoms with van der Waals surface area (Å²) in [6.45, 7) is 1.70. The molecule has 0 radical (unpaired) electrons. The topological polar surface area (TPSA) is 92.1 Å². The van der Waals surface area contributed by atoms with Crippen LogP contribution in [0.15, 0.2) is 46.6 Å². The first-order valence-corrected chi connectivity index (χ1v) is 8.96. The molecule has 136 valence electrons. The van der Waals surface area contributed by atoms with Crippen LogP contribution in [-0.4, -0.2) is 25.7 Å². The number of fused-ring (bicyclic) bond motifs is 1. The first-order chi connectivity index (χ1) is 13.0. The number of carbonyl (C=O) groups excluding carboxylic acids is 1. The normalized spacial score (nSPS) is 11.0. The zero-order chi connectivity index (χ0) is 19.0. The molecule has 0 bridgehead atoms. The van der Waals surface area contributed by atoms with E-state index < -0.39 is 0 Å². The third-order valence-electron chi connectivity index (χ3n) is 4.03. The van der Waals surface area contributed by atoms with Crippen LogP contribution in [0.3, 0.4) is 0 Å². The molecule has 0 aliphatic carbocycles. The number of nitrogens with zero attached hydrogens (tertiary/aromatic N) is 3. The molecule has 1 aromatic carbocycles. The maximum Gasteiger partial charge on any atom is 0.290 e. The van der Waals surface area contributed by atoms with Crippen molar-refractivity contribution in [1.82, 2.24) is 19.8 Å². The van der Waals surface area contributed by atoms with Gasteiger partial charge in [-0.1, -0.05) is 6.07 Å². The Bertz CT molecular complexity index is 1200. The Morgan fingerprint density at radius 1 is 1.33 bits per heavy atom. The molecule has 0 saturated carbocycles. The molecule has 3 aromatic heterocycles. The Morgan fingerprint density at radius 3 is 2.93 bits per heavy atom. The average Bonchev–Trinajstić information content (AvgIpc) is 3.29. The molecule has 1 amide bonds. The van der Waals surface area contributed by atoms with E-state index >= 15 is 0 Å². The lowest BCUT2D eigenvalue weighted by molar-refractivity contribution is -0.115. The Kier molecular flexibility index (Phi) is 4.28. The van der Waals surface area contributed by atoms with Crippen molar-refractivity contribution >= 4 is 28.4 Å². The highest BCUT2D eigenvalue weighted by Gasteiger charge is 2.15. The minimum atomic E-state index is -0.385. The number of anilines is 1. The Morgan fingerprint density at radius 2 is 2.19 bits per heavy atom. The summed E-state index contributed by atoms with van der Waals surface area (Å²) in [6, 6.07) is 9.58. The number of thiophene rings is 1. The van der Waals surface area contributed by atoms with Crippen molar-refractivity contribution in [3.05, 3.63) is 69.3 Å². The SMILES string of the molecule is Cc1cc(F)ccc1NC(=O)Cc1n[nH]c(=O)c2cc(-c3cccs3)nn12. The molecular weight excluding hydrogens is 369 g/mol. The van der Waals surface area contributed by atoms with Crippen LogP contribution in [-0.2, 0) is 11.2 Å². The van der Waals surface area contributed by atoms with Crippen LogP contribution in [0.2, 0.25) is 0 Å². The maximum atomic E-state index is 13.2. The highest BCUT2D eigenvalue weighted by Crippen LogP contribution is 2.24. The van der Waals surface area contributed by atoms with E-state index in [-0.39, 0.29) is 23.7 Å². The van der Waals surface area contributed by atoms with Gasteiger partial charge in [0.05, 0.1) is 11.3 Å². The summed E-state index contributed by atoms with van der Waals surface area (Å²) in [6.07, 6.45) is -0.102. The Hall–Kier alpha value is -3.33. The molecule has 3 heterocycles. The number of hydrogen-bond donors (Lipinski definition) is 2. The largest absolute Gasteiger partial charge is 0.325 e. The minimum absolute atomic E-state index is 0.102. The van der Waals surface area contributed by atoms with E-state index in [0.717, 1.165) is 4.88 Å². The molecule has 2 N–H and O–H groups in total. The number of halogens is 1. The lowest BCUT2D eigenvalue weighted by Gasteiger charge is -2.08. The number of H-pyrrole nitrogens is 1. The molecule has 0 aliphatic heterocycles. The van der Waals surface area contributed by atoms with Crippen molar-refractivity contribution in [1.29, 1.82) is 0 Å². The fourth-order valence-electron chi connectivity index (χ4n) is 2.72. The number of aryl methyl sites for hydroxylation is 1. The van der Waals surface area contributed by atoms with E-state index in [2.05, 4.69) is 20.6 Å². The van der Waals surface area contributed by atoms with Gasteiger partial charge in [-0.15, -0.1) is 11.3 Å². The fraction of sp³-hybridized carbons (Fsp3) is 0.111. The zero-order valence-electron chi connectivity index (χ0n) is 14.2. The van der Waals surface area contributed by atoms with Gasteiger partial charge in [0.25, 0.3) is 5.56 Å². The summed E-state index contributed by atoms with van der Waals surface area (Å²) in [5.74, 6) is -0.421. The zero-order valence-corrected chi connectivity index (χ0v) is 15.0. The highest BCUT2D eigenvalue weighted by molar-refractivity contribution is 7.13. The second-order valence-corrected chi connectivity index (χ2v) is 6.90. The fourth-order valence-corrected chi connectivity index (χ4v) is 3.41. The number of amides is 1. The van der Waals surface area contributed by atoms with Gasteiger partial charge in [0.1, 0.15) is 17.0 Å². The molecule has 4 aromatic rings. The summed E-state index contributed by atoms with van der Waals surface area (Å²) < 4.78 is 14.6. The van der Waals surface area contributed by atoms with Crippen molar-refractivity contribution in [3.63, 3.8) is 0 Å². The van der Waals surface area contributed by atoms with E-state index in [0.29, 0.717) is 28.3 Å². The van der Waals surface area contributed by atoms with Crippen LogP contribution in [0.5, 0.6) is 0 Å². The van der Waals surface area contributed by atoms with Crippen molar-refractivity contribution in [2.45, 2.75) is 13.3 Å². The van der Waals surface area contributed by atoms with Crippen LogP contribution in [0.25, 0.3) is 16.1 Å². The van der Waals surface area contributed by atoms with E-state index in [4.69, 9.17) is 0 Å². The van der Waals surface area contributed by atoms with Crippen molar-refractivity contribution in [2.24, 2.45) is 0 Å². The summed E-state index contributed by atoms with van der Waals surface area (Å²) >= 11 is 1.50. The Labute approximate surface area is 156 Å². The minimum Gasteiger partial charge on any atom is -0.325 e. The Balaban J connectivity index is 1.64. The number of benzene rings is 1. The van der Waals surface area contributed by atoms with E-state index in [9.17, 15) is 14.0 Å². The molecule has 27 heavy (non-hydrogen) atoms. The van der Waals surface area contributed by atoms with Crippen molar-refractivity contribution in [3.8, 4) is 10.6 Å². The summed E-state index contributed by atoms with van der Waals surface area (Å²) in [4.78, 5) is 25.4. The van der Waals surface area contributed by atoms with Gasteiger partial charge in [0.15, 0.2) is 5.82 Å². The second kappa shape index (κ2) is 6.76. The number of aromatic amines is 1. The van der Waals surface area contributed by atoms with Gasteiger partial charge in [-0.3, -0.25) is 9.59 Å². The molecule has 0 fully saturated rings. The first kappa shape index (κ1) is 17.1. The summed E-state index contributed by atoms with van der Waals surface area (Å²) in [5, 5.41) is 15.4. The van der Waals surface area contributed by atoms with Crippen molar-refractivity contribution < 1.29 is 9.18 Å². The van der Waals surface area contributed by atoms with Gasteiger partial charge in [0, 0.05) is 5.69 Å². The number of nitrogens with one attached hydrogen (secondary N) is 2. The van der Waals surface area contributed by atoms with E-state index in [1.165, 1.54) is 34.1 Å².